The lowest BCUT2D eigenvalue weighted by molar-refractivity contribution is -0.179. The van der Waals surface area contributed by atoms with E-state index in [4.69, 9.17) is 9.47 Å². The minimum Gasteiger partial charge on any atom is -0.466 e. The summed E-state index contributed by atoms with van der Waals surface area (Å²) in [6.07, 6.45) is 6.95. The Bertz CT molecular complexity index is 621. The Kier molecular flexibility index (Phi) is 3.73. The molecule has 7 atom stereocenters. The molecule has 0 aromatic rings. The summed E-state index contributed by atoms with van der Waals surface area (Å²) >= 11 is 0. The molecule has 25 heavy (non-hydrogen) atoms. The first-order valence-electron chi connectivity index (χ1n) is 9.85. The zero-order chi connectivity index (χ0) is 18.2. The average molecular weight is 348 g/mol. The first-order valence-corrected chi connectivity index (χ1v) is 9.85. The predicted octanol–water partition coefficient (Wildman–Crippen LogP) is 3.48. The van der Waals surface area contributed by atoms with Crippen LogP contribution >= 0.6 is 0 Å². The monoisotopic (exact) mass is 348 g/mol. The number of hydrogen-bond acceptors (Lipinski definition) is 4. The predicted molar refractivity (Wildman–Crippen MR) is 94.8 cm³/mol. The smallest absolute Gasteiger partial charge is 0.333 e. The normalized spacial score (nSPS) is 53.2. The highest BCUT2D eigenvalue weighted by Crippen LogP contribution is 2.73. The van der Waals surface area contributed by atoms with Crippen molar-refractivity contribution in [3.63, 3.8) is 0 Å². The molecule has 1 aliphatic heterocycles. The molecule has 3 fully saturated rings. The third kappa shape index (κ3) is 2.29. The van der Waals surface area contributed by atoms with Gasteiger partial charge in [-0.15, -0.1) is 0 Å². The maximum absolute atomic E-state index is 12.3. The van der Waals surface area contributed by atoms with Gasteiger partial charge in [-0.3, -0.25) is 0 Å². The minimum atomic E-state index is -0.612. The van der Waals surface area contributed by atoms with E-state index >= 15 is 0 Å². The summed E-state index contributed by atoms with van der Waals surface area (Å²) in [7, 11) is 1.47. The van der Waals surface area contributed by atoms with Gasteiger partial charge in [0.05, 0.1) is 24.4 Å². The van der Waals surface area contributed by atoms with Crippen LogP contribution in [0.5, 0.6) is 0 Å². The van der Waals surface area contributed by atoms with Crippen LogP contribution in [0.4, 0.5) is 0 Å². The van der Waals surface area contributed by atoms with Gasteiger partial charge in [0.2, 0.25) is 0 Å². The number of esters is 1. The molecule has 1 heterocycles. The quantitative estimate of drug-likeness (QED) is 0.613. The summed E-state index contributed by atoms with van der Waals surface area (Å²) in [4.78, 5) is 12.3. The Hall–Kier alpha value is -0.870. The Labute approximate surface area is 151 Å². The Morgan fingerprint density at radius 1 is 1.36 bits per heavy atom. The van der Waals surface area contributed by atoms with E-state index in [1.54, 1.807) is 0 Å². The highest BCUT2D eigenvalue weighted by atomic mass is 16.6. The van der Waals surface area contributed by atoms with Gasteiger partial charge in [-0.25, -0.2) is 4.79 Å². The lowest BCUT2D eigenvalue weighted by Gasteiger charge is -2.63. The zero-order valence-corrected chi connectivity index (χ0v) is 16.2. The van der Waals surface area contributed by atoms with Crippen LogP contribution < -0.4 is 0 Å². The highest BCUT2D eigenvalue weighted by molar-refractivity contribution is 5.88. The van der Waals surface area contributed by atoms with Gasteiger partial charge in [-0.1, -0.05) is 19.9 Å². The molecule has 0 unspecified atom stereocenters. The van der Waals surface area contributed by atoms with Gasteiger partial charge in [0.1, 0.15) is 0 Å². The number of allylic oxidation sites excluding steroid dienone is 1. The van der Waals surface area contributed by atoms with E-state index in [2.05, 4.69) is 26.8 Å². The molecule has 0 radical (unpaired) electrons. The number of aliphatic hydroxyl groups is 1. The zero-order valence-electron chi connectivity index (χ0n) is 16.2. The molecule has 0 spiro atoms. The van der Waals surface area contributed by atoms with Crippen LogP contribution in [0, 0.1) is 29.1 Å². The molecule has 4 aliphatic rings. The third-order valence-corrected chi connectivity index (χ3v) is 8.08. The topological polar surface area (TPSA) is 59.1 Å². The molecule has 0 bridgehead atoms. The standard InChI is InChI=1S/C21H32O4/c1-12(2)21-9-8-19(3,23)17(21)14-11-20(4)16(25-20)7-6-13(10-15(14)21)18(22)24-5/h10,12,14-17,23H,6-9,11H2,1-5H3/b13-10+/t14-,15+,16-,17+,19+,20-,21-/m0/s1. The summed E-state index contributed by atoms with van der Waals surface area (Å²) < 4.78 is 11.1. The largest absolute Gasteiger partial charge is 0.466 e. The first kappa shape index (κ1) is 17.5. The molecule has 0 aromatic heterocycles. The van der Waals surface area contributed by atoms with Crippen LogP contribution in [0.3, 0.4) is 0 Å². The van der Waals surface area contributed by atoms with Gasteiger partial charge in [0.25, 0.3) is 0 Å². The first-order chi connectivity index (χ1) is 11.7. The number of epoxide rings is 1. The van der Waals surface area contributed by atoms with Crippen LogP contribution in [-0.2, 0) is 14.3 Å². The van der Waals surface area contributed by atoms with Crippen molar-refractivity contribution >= 4 is 5.97 Å². The molecule has 4 rings (SSSR count). The Balaban J connectivity index is 1.77. The Morgan fingerprint density at radius 2 is 2.08 bits per heavy atom. The number of fused-ring (bicyclic) bond motifs is 5. The van der Waals surface area contributed by atoms with Crippen molar-refractivity contribution in [3.8, 4) is 0 Å². The number of hydrogen-bond donors (Lipinski definition) is 1. The molecule has 4 nitrogen and oxygen atoms in total. The van der Waals surface area contributed by atoms with Gasteiger partial charge in [-0.05, 0) is 75.0 Å². The van der Waals surface area contributed by atoms with E-state index in [0.29, 0.717) is 23.7 Å². The van der Waals surface area contributed by atoms with Crippen molar-refractivity contribution in [2.75, 3.05) is 7.11 Å². The van der Waals surface area contributed by atoms with Gasteiger partial charge in [0, 0.05) is 5.57 Å². The molecule has 3 aliphatic carbocycles. The lowest BCUT2D eigenvalue weighted by Crippen LogP contribution is -2.62. The fraction of sp³-hybridized carbons (Fsp3) is 0.857. The molecule has 140 valence electrons. The summed E-state index contributed by atoms with van der Waals surface area (Å²) in [5.41, 5.74) is 0.213. The van der Waals surface area contributed by atoms with Crippen molar-refractivity contribution in [2.24, 2.45) is 29.1 Å². The molecule has 0 amide bonds. The van der Waals surface area contributed by atoms with Crippen LogP contribution in [0.1, 0.15) is 59.8 Å². The van der Waals surface area contributed by atoms with Gasteiger partial charge >= 0.3 is 5.97 Å². The second-order valence-corrected chi connectivity index (χ2v) is 9.64. The third-order valence-electron chi connectivity index (χ3n) is 8.08. The van der Waals surface area contributed by atoms with Gasteiger partial charge in [0.15, 0.2) is 0 Å². The highest BCUT2D eigenvalue weighted by Gasteiger charge is 2.72. The number of rotatable bonds is 2. The number of methoxy groups -OCH3 is 1. The second-order valence-electron chi connectivity index (χ2n) is 9.64. The van der Waals surface area contributed by atoms with Crippen LogP contribution in [0.25, 0.3) is 0 Å². The van der Waals surface area contributed by atoms with E-state index in [1.165, 1.54) is 7.11 Å². The molecule has 4 heteroatoms. The summed E-state index contributed by atoms with van der Waals surface area (Å²) in [6.45, 7) is 8.78. The summed E-state index contributed by atoms with van der Waals surface area (Å²) in [5.74, 6) is 1.29. The van der Waals surface area contributed by atoms with Crippen LogP contribution in [0.15, 0.2) is 11.6 Å². The van der Waals surface area contributed by atoms with Crippen molar-refractivity contribution < 1.29 is 19.4 Å². The number of carbonyl (C=O) groups is 1. The van der Waals surface area contributed by atoms with Crippen molar-refractivity contribution in [1.82, 2.24) is 0 Å². The maximum Gasteiger partial charge on any atom is 0.333 e. The SMILES string of the molecule is COC(=O)/C1=C/[C@@H]2[C@H](C[C@]3(C)O[C@H]3CC1)[C@H]1[C@]2(C(C)C)CC[C@@]1(C)O. The minimum absolute atomic E-state index is 0.0792. The Morgan fingerprint density at radius 3 is 2.72 bits per heavy atom. The average Bonchev–Trinajstić information content (AvgIpc) is 3.08. The number of ether oxygens (including phenoxy) is 2. The molecule has 2 saturated carbocycles. The molecule has 1 N–H and O–H groups in total. The van der Waals surface area contributed by atoms with E-state index in [9.17, 15) is 9.90 Å². The summed E-state index contributed by atoms with van der Waals surface area (Å²) in [5, 5.41) is 11.1. The fourth-order valence-electron chi connectivity index (χ4n) is 6.83. The van der Waals surface area contributed by atoms with Gasteiger partial charge < -0.3 is 14.6 Å². The van der Waals surface area contributed by atoms with E-state index in [-0.39, 0.29) is 23.1 Å². The van der Waals surface area contributed by atoms with E-state index < -0.39 is 5.60 Å². The molecular weight excluding hydrogens is 316 g/mol. The number of carbonyl (C=O) groups excluding carboxylic acids is 1. The molecular formula is C21H32O4. The molecule has 0 aromatic carbocycles. The summed E-state index contributed by atoms with van der Waals surface area (Å²) in [6, 6.07) is 0. The van der Waals surface area contributed by atoms with Crippen molar-refractivity contribution in [3.05, 3.63) is 11.6 Å². The van der Waals surface area contributed by atoms with E-state index in [0.717, 1.165) is 37.7 Å². The van der Waals surface area contributed by atoms with Crippen molar-refractivity contribution in [1.29, 1.82) is 0 Å². The fourth-order valence-corrected chi connectivity index (χ4v) is 6.83. The van der Waals surface area contributed by atoms with Gasteiger partial charge in [-0.2, -0.15) is 0 Å². The second kappa shape index (κ2) is 5.32. The molecule has 1 saturated heterocycles. The van der Waals surface area contributed by atoms with Crippen LogP contribution in [0.2, 0.25) is 0 Å². The maximum atomic E-state index is 12.3. The van der Waals surface area contributed by atoms with Crippen molar-refractivity contribution in [2.45, 2.75) is 77.1 Å². The van der Waals surface area contributed by atoms with Crippen LogP contribution in [-0.4, -0.2) is 35.5 Å². The lowest BCUT2D eigenvalue weighted by atomic mass is 9.41. The van der Waals surface area contributed by atoms with E-state index in [1.807, 2.05) is 6.92 Å².